The lowest BCUT2D eigenvalue weighted by Crippen LogP contribution is -2.23. The minimum Gasteiger partial charge on any atom is -0.372 e. The van der Waals surface area contributed by atoms with E-state index in [9.17, 15) is 4.79 Å². The molecular weight excluding hydrogens is 186 g/mol. The summed E-state index contributed by atoms with van der Waals surface area (Å²) >= 11 is 0. The topological polar surface area (TPSA) is 20.3 Å². The van der Waals surface area contributed by atoms with E-state index in [-0.39, 0.29) is 5.78 Å². The Kier molecular flexibility index (Phi) is 4.35. The molecule has 15 heavy (non-hydrogen) atoms. The largest absolute Gasteiger partial charge is 0.372 e. The number of hydrogen-bond acceptors (Lipinski definition) is 2. The molecule has 2 nitrogen and oxygen atoms in total. The van der Waals surface area contributed by atoms with Crippen molar-refractivity contribution in [3.05, 3.63) is 29.8 Å². The maximum atomic E-state index is 11.1. The number of rotatable bonds is 5. The molecule has 0 radical (unpaired) electrons. The molecule has 0 fully saturated rings. The first-order valence-corrected chi connectivity index (χ1v) is 5.55. The number of Topliss-reactive ketones (excluding diaryl/α,β-unsaturated/α-hetero) is 1. The fourth-order valence-electron chi connectivity index (χ4n) is 1.65. The predicted octanol–water partition coefficient (Wildman–Crippen LogP) is 3.13. The van der Waals surface area contributed by atoms with Crippen molar-refractivity contribution in [2.24, 2.45) is 0 Å². The average molecular weight is 205 g/mol. The van der Waals surface area contributed by atoms with Crippen molar-refractivity contribution in [3.63, 3.8) is 0 Å². The van der Waals surface area contributed by atoms with Gasteiger partial charge in [-0.25, -0.2) is 0 Å². The maximum Gasteiger partial charge on any atom is 0.159 e. The summed E-state index contributed by atoms with van der Waals surface area (Å²) in [7, 11) is 0. The van der Waals surface area contributed by atoms with Crippen LogP contribution in [0.3, 0.4) is 0 Å². The van der Waals surface area contributed by atoms with E-state index < -0.39 is 0 Å². The van der Waals surface area contributed by atoms with E-state index in [4.69, 9.17) is 0 Å². The van der Waals surface area contributed by atoms with Gasteiger partial charge in [-0.3, -0.25) is 4.79 Å². The summed E-state index contributed by atoms with van der Waals surface area (Å²) in [4.78, 5) is 13.4. The van der Waals surface area contributed by atoms with Gasteiger partial charge >= 0.3 is 0 Å². The summed E-state index contributed by atoms with van der Waals surface area (Å²) in [5.74, 6) is 0.125. The minimum atomic E-state index is 0.125. The van der Waals surface area contributed by atoms with Crippen molar-refractivity contribution in [1.82, 2.24) is 0 Å². The van der Waals surface area contributed by atoms with Crippen molar-refractivity contribution in [2.75, 3.05) is 18.0 Å². The predicted molar refractivity (Wildman–Crippen MR) is 64.6 cm³/mol. The Labute approximate surface area is 91.9 Å². The number of carbonyl (C=O) groups excluding carboxylic acids is 1. The molecule has 0 aromatic heterocycles. The lowest BCUT2D eigenvalue weighted by molar-refractivity contribution is 0.101. The number of nitrogens with zero attached hydrogens (tertiary/aromatic N) is 1. The normalized spacial score (nSPS) is 10.1. The Morgan fingerprint density at radius 1 is 1.20 bits per heavy atom. The Bertz CT molecular complexity index is 316. The van der Waals surface area contributed by atoms with Crippen LogP contribution in [0, 0.1) is 0 Å². The summed E-state index contributed by atoms with van der Waals surface area (Å²) in [6.07, 6.45) is 1.14. The number of carbonyl (C=O) groups is 1. The molecule has 0 aliphatic carbocycles. The molecule has 0 saturated carbocycles. The van der Waals surface area contributed by atoms with Crippen LogP contribution in [0.25, 0.3) is 0 Å². The van der Waals surface area contributed by atoms with E-state index in [0.717, 1.165) is 25.1 Å². The molecule has 82 valence electrons. The zero-order valence-electron chi connectivity index (χ0n) is 9.79. The molecule has 0 aliphatic rings. The molecule has 0 aliphatic heterocycles. The van der Waals surface area contributed by atoms with Crippen LogP contribution < -0.4 is 4.90 Å². The van der Waals surface area contributed by atoms with Gasteiger partial charge in [0.05, 0.1) is 0 Å². The van der Waals surface area contributed by atoms with Crippen LogP contribution in [0.5, 0.6) is 0 Å². The van der Waals surface area contributed by atoms with Gasteiger partial charge in [-0.1, -0.05) is 6.92 Å². The number of anilines is 1. The lowest BCUT2D eigenvalue weighted by Gasteiger charge is -2.22. The van der Waals surface area contributed by atoms with Gasteiger partial charge in [0.2, 0.25) is 0 Å². The van der Waals surface area contributed by atoms with Crippen LogP contribution in [-0.4, -0.2) is 18.9 Å². The molecule has 0 unspecified atom stereocenters. The fourth-order valence-corrected chi connectivity index (χ4v) is 1.65. The van der Waals surface area contributed by atoms with Gasteiger partial charge in [0, 0.05) is 24.3 Å². The van der Waals surface area contributed by atoms with Crippen molar-refractivity contribution < 1.29 is 4.79 Å². The van der Waals surface area contributed by atoms with Gasteiger partial charge in [-0.05, 0) is 44.5 Å². The van der Waals surface area contributed by atoms with Crippen LogP contribution in [0.2, 0.25) is 0 Å². The molecule has 0 amide bonds. The molecule has 1 aromatic carbocycles. The molecule has 0 atom stereocenters. The molecule has 0 bridgehead atoms. The fraction of sp³-hybridized carbons (Fsp3) is 0.462. The summed E-state index contributed by atoms with van der Waals surface area (Å²) in [6, 6.07) is 7.84. The van der Waals surface area contributed by atoms with Crippen LogP contribution in [0.4, 0.5) is 5.69 Å². The first-order chi connectivity index (χ1) is 7.19. The first-order valence-electron chi connectivity index (χ1n) is 5.55. The van der Waals surface area contributed by atoms with E-state index in [2.05, 4.69) is 18.7 Å². The van der Waals surface area contributed by atoms with Gasteiger partial charge in [0.1, 0.15) is 0 Å². The van der Waals surface area contributed by atoms with Crippen LogP contribution >= 0.6 is 0 Å². The second kappa shape index (κ2) is 5.54. The first kappa shape index (κ1) is 11.8. The standard InChI is InChI=1S/C13H19NO/c1-4-10-14(5-2)13-8-6-12(7-9-13)11(3)15/h6-9H,4-5,10H2,1-3H3. The number of ketones is 1. The third-order valence-corrected chi connectivity index (χ3v) is 2.51. The molecule has 0 saturated heterocycles. The molecule has 0 N–H and O–H groups in total. The minimum absolute atomic E-state index is 0.125. The van der Waals surface area contributed by atoms with Gasteiger partial charge in [-0.2, -0.15) is 0 Å². The van der Waals surface area contributed by atoms with Gasteiger partial charge in [0.15, 0.2) is 5.78 Å². The Morgan fingerprint density at radius 2 is 1.80 bits per heavy atom. The van der Waals surface area contributed by atoms with Gasteiger partial charge in [0.25, 0.3) is 0 Å². The lowest BCUT2D eigenvalue weighted by atomic mass is 10.1. The highest BCUT2D eigenvalue weighted by molar-refractivity contribution is 5.94. The van der Waals surface area contributed by atoms with E-state index in [1.807, 2.05) is 24.3 Å². The second-order valence-electron chi connectivity index (χ2n) is 3.68. The maximum absolute atomic E-state index is 11.1. The molecule has 1 aromatic rings. The Hall–Kier alpha value is -1.31. The van der Waals surface area contributed by atoms with Crippen molar-refractivity contribution in [1.29, 1.82) is 0 Å². The monoisotopic (exact) mass is 205 g/mol. The third kappa shape index (κ3) is 3.08. The smallest absolute Gasteiger partial charge is 0.159 e. The van der Waals surface area contributed by atoms with Crippen LogP contribution in [0.1, 0.15) is 37.6 Å². The molecule has 0 spiro atoms. The SMILES string of the molecule is CCCN(CC)c1ccc(C(C)=O)cc1. The summed E-state index contributed by atoms with van der Waals surface area (Å²) in [6.45, 7) is 7.99. The molecular formula is C13H19NO. The van der Waals surface area contributed by atoms with Crippen LogP contribution in [0.15, 0.2) is 24.3 Å². The Balaban J connectivity index is 2.81. The quantitative estimate of drug-likeness (QED) is 0.688. The van der Waals surface area contributed by atoms with Crippen molar-refractivity contribution in [3.8, 4) is 0 Å². The van der Waals surface area contributed by atoms with Crippen molar-refractivity contribution >= 4 is 11.5 Å². The van der Waals surface area contributed by atoms with E-state index >= 15 is 0 Å². The molecule has 0 heterocycles. The van der Waals surface area contributed by atoms with Gasteiger partial charge < -0.3 is 4.90 Å². The second-order valence-corrected chi connectivity index (χ2v) is 3.68. The number of benzene rings is 1. The zero-order chi connectivity index (χ0) is 11.3. The highest BCUT2D eigenvalue weighted by atomic mass is 16.1. The summed E-state index contributed by atoms with van der Waals surface area (Å²) in [5.41, 5.74) is 1.98. The highest BCUT2D eigenvalue weighted by Gasteiger charge is 2.03. The van der Waals surface area contributed by atoms with E-state index in [1.165, 1.54) is 5.69 Å². The molecule has 2 heteroatoms. The zero-order valence-corrected chi connectivity index (χ0v) is 9.79. The van der Waals surface area contributed by atoms with Crippen LogP contribution in [-0.2, 0) is 0 Å². The van der Waals surface area contributed by atoms with Gasteiger partial charge in [-0.15, -0.1) is 0 Å². The summed E-state index contributed by atoms with van der Waals surface area (Å²) in [5, 5.41) is 0. The van der Waals surface area contributed by atoms with E-state index in [0.29, 0.717) is 0 Å². The van der Waals surface area contributed by atoms with E-state index in [1.54, 1.807) is 6.92 Å². The summed E-state index contributed by atoms with van der Waals surface area (Å²) < 4.78 is 0. The van der Waals surface area contributed by atoms with Crippen molar-refractivity contribution in [2.45, 2.75) is 27.2 Å². The average Bonchev–Trinajstić information content (AvgIpc) is 2.26. The number of hydrogen-bond donors (Lipinski definition) is 0. The Morgan fingerprint density at radius 3 is 2.20 bits per heavy atom. The third-order valence-electron chi connectivity index (χ3n) is 2.51. The highest BCUT2D eigenvalue weighted by Crippen LogP contribution is 2.15. The molecule has 1 rings (SSSR count).